The highest BCUT2D eigenvalue weighted by atomic mass is 32.1. The molecule has 1 aromatic carbocycles. The van der Waals surface area contributed by atoms with Crippen molar-refractivity contribution in [2.45, 2.75) is 37.7 Å². The summed E-state index contributed by atoms with van der Waals surface area (Å²) in [5.74, 6) is -0.265. The van der Waals surface area contributed by atoms with Crippen LogP contribution in [0.25, 0.3) is 11.3 Å². The highest BCUT2D eigenvalue weighted by Gasteiger charge is 2.44. The van der Waals surface area contributed by atoms with Gasteiger partial charge in [-0.25, -0.2) is 9.37 Å². The Bertz CT molecular complexity index is 717. The normalized spacial score (nSPS) is 23.9. The van der Waals surface area contributed by atoms with Crippen LogP contribution in [-0.2, 0) is 10.2 Å². The van der Waals surface area contributed by atoms with Gasteiger partial charge in [-0.3, -0.25) is 0 Å². The van der Waals surface area contributed by atoms with Gasteiger partial charge in [-0.15, -0.1) is 11.3 Å². The Kier molecular flexibility index (Phi) is 3.75. The molecule has 0 amide bonds. The number of rotatable bonds is 2. The molecule has 0 bridgehead atoms. The van der Waals surface area contributed by atoms with E-state index in [9.17, 15) is 9.65 Å². The Balaban J connectivity index is 1.95. The third-order valence-electron chi connectivity index (χ3n) is 4.02. The molecule has 2 heterocycles. The molecular formula is C17H17FN2OS. The third kappa shape index (κ3) is 2.77. The number of nitrogens with zero attached hydrogens (tertiary/aromatic N) is 2. The van der Waals surface area contributed by atoms with E-state index in [4.69, 9.17) is 4.74 Å². The van der Waals surface area contributed by atoms with E-state index in [0.717, 1.165) is 16.3 Å². The van der Waals surface area contributed by atoms with Crippen LogP contribution in [0.15, 0.2) is 29.6 Å². The van der Waals surface area contributed by atoms with Crippen molar-refractivity contribution in [3.63, 3.8) is 0 Å². The minimum Gasteiger partial charge on any atom is -0.375 e. The number of aromatic nitrogens is 1. The fraction of sp³-hybridized carbons (Fsp3) is 0.412. The van der Waals surface area contributed by atoms with Crippen molar-refractivity contribution >= 4 is 11.3 Å². The standard InChI is InChI=1S/C17H17FN2OS/c1-16(2)10-17(11-19,7-8-21-16)15-20-14(9-22-15)12-3-5-13(18)6-4-12/h3-6,9H,7-8,10H2,1-2H3. The first kappa shape index (κ1) is 15.1. The van der Waals surface area contributed by atoms with Gasteiger partial charge in [0, 0.05) is 24.0 Å². The van der Waals surface area contributed by atoms with Crippen molar-refractivity contribution < 1.29 is 9.13 Å². The average Bonchev–Trinajstić information content (AvgIpc) is 2.97. The molecule has 2 aromatic rings. The highest BCUT2D eigenvalue weighted by molar-refractivity contribution is 7.10. The molecule has 0 spiro atoms. The summed E-state index contributed by atoms with van der Waals surface area (Å²) in [6.45, 7) is 4.57. The van der Waals surface area contributed by atoms with Crippen molar-refractivity contribution in [3.05, 3.63) is 40.5 Å². The van der Waals surface area contributed by atoms with Gasteiger partial charge in [-0.2, -0.15) is 5.26 Å². The zero-order chi connectivity index (χ0) is 15.8. The first-order chi connectivity index (χ1) is 10.4. The van der Waals surface area contributed by atoms with Crippen LogP contribution in [0.2, 0.25) is 0 Å². The fourth-order valence-electron chi connectivity index (χ4n) is 2.94. The molecule has 1 aromatic heterocycles. The first-order valence-corrected chi connectivity index (χ1v) is 8.09. The molecule has 1 aliphatic heterocycles. The van der Waals surface area contributed by atoms with E-state index in [1.54, 1.807) is 12.1 Å². The molecule has 1 atom stereocenters. The number of benzene rings is 1. The minimum atomic E-state index is -0.593. The lowest BCUT2D eigenvalue weighted by atomic mass is 9.75. The summed E-state index contributed by atoms with van der Waals surface area (Å²) in [4.78, 5) is 4.66. The van der Waals surface area contributed by atoms with Crippen LogP contribution in [0, 0.1) is 17.1 Å². The van der Waals surface area contributed by atoms with E-state index in [1.807, 2.05) is 19.2 Å². The minimum absolute atomic E-state index is 0.265. The lowest BCUT2D eigenvalue weighted by molar-refractivity contribution is -0.0716. The molecule has 0 aliphatic carbocycles. The third-order valence-corrected chi connectivity index (χ3v) is 5.06. The summed E-state index contributed by atoms with van der Waals surface area (Å²) in [5.41, 5.74) is 0.739. The van der Waals surface area contributed by atoms with Gasteiger partial charge in [0.25, 0.3) is 0 Å². The Morgan fingerprint density at radius 1 is 1.32 bits per heavy atom. The van der Waals surface area contributed by atoms with Gasteiger partial charge < -0.3 is 4.74 Å². The van der Waals surface area contributed by atoms with E-state index in [-0.39, 0.29) is 11.4 Å². The van der Waals surface area contributed by atoms with Gasteiger partial charge in [-0.05, 0) is 44.5 Å². The summed E-state index contributed by atoms with van der Waals surface area (Å²) in [5, 5.41) is 12.5. The molecule has 0 radical (unpaired) electrons. The average molecular weight is 316 g/mol. The monoisotopic (exact) mass is 316 g/mol. The molecule has 0 N–H and O–H groups in total. The molecule has 1 saturated heterocycles. The van der Waals surface area contributed by atoms with E-state index < -0.39 is 5.41 Å². The number of hydrogen-bond acceptors (Lipinski definition) is 4. The van der Waals surface area contributed by atoms with Gasteiger partial charge in [0.05, 0.1) is 17.4 Å². The maximum absolute atomic E-state index is 13.0. The van der Waals surface area contributed by atoms with Crippen molar-refractivity contribution in [1.29, 1.82) is 5.26 Å². The van der Waals surface area contributed by atoms with Gasteiger partial charge in [0.15, 0.2) is 0 Å². The van der Waals surface area contributed by atoms with Gasteiger partial charge in [0.2, 0.25) is 0 Å². The molecule has 22 heavy (non-hydrogen) atoms. The summed E-state index contributed by atoms with van der Waals surface area (Å²) in [7, 11) is 0. The Hall–Kier alpha value is -1.77. The highest BCUT2D eigenvalue weighted by Crippen LogP contribution is 2.43. The molecule has 3 nitrogen and oxygen atoms in total. The van der Waals surface area contributed by atoms with E-state index in [1.165, 1.54) is 23.5 Å². The second kappa shape index (κ2) is 5.45. The number of ether oxygens (including phenoxy) is 1. The van der Waals surface area contributed by atoms with Gasteiger partial charge in [0.1, 0.15) is 16.2 Å². The molecule has 5 heteroatoms. The molecule has 3 rings (SSSR count). The zero-order valence-electron chi connectivity index (χ0n) is 12.6. The first-order valence-electron chi connectivity index (χ1n) is 7.21. The fourth-order valence-corrected chi connectivity index (χ4v) is 3.95. The van der Waals surface area contributed by atoms with Crippen LogP contribution in [0.5, 0.6) is 0 Å². The number of nitriles is 1. The summed E-state index contributed by atoms with van der Waals surface area (Å²) in [6, 6.07) is 8.74. The van der Waals surface area contributed by atoms with Crippen molar-refractivity contribution in [2.75, 3.05) is 6.61 Å². The Morgan fingerprint density at radius 3 is 2.68 bits per heavy atom. The summed E-state index contributed by atoms with van der Waals surface area (Å²) < 4.78 is 18.8. The zero-order valence-corrected chi connectivity index (χ0v) is 13.4. The van der Waals surface area contributed by atoms with E-state index in [0.29, 0.717) is 19.4 Å². The number of thiazole rings is 1. The summed E-state index contributed by atoms with van der Waals surface area (Å²) >= 11 is 1.50. The van der Waals surface area contributed by atoms with Gasteiger partial charge in [-0.1, -0.05) is 0 Å². The maximum atomic E-state index is 13.0. The second-order valence-electron chi connectivity index (χ2n) is 6.27. The number of halogens is 1. The topological polar surface area (TPSA) is 45.9 Å². The molecule has 1 fully saturated rings. The van der Waals surface area contributed by atoms with Crippen LogP contribution in [0.4, 0.5) is 4.39 Å². The Morgan fingerprint density at radius 2 is 2.05 bits per heavy atom. The van der Waals surface area contributed by atoms with Crippen LogP contribution in [0.3, 0.4) is 0 Å². The van der Waals surface area contributed by atoms with Crippen LogP contribution >= 0.6 is 11.3 Å². The molecular weight excluding hydrogens is 299 g/mol. The number of hydrogen-bond donors (Lipinski definition) is 0. The Labute approximate surface area is 133 Å². The predicted octanol–water partition coefficient (Wildman–Crippen LogP) is 4.30. The second-order valence-corrected chi connectivity index (χ2v) is 7.13. The van der Waals surface area contributed by atoms with Gasteiger partial charge >= 0.3 is 0 Å². The quantitative estimate of drug-likeness (QED) is 0.830. The van der Waals surface area contributed by atoms with Crippen molar-refractivity contribution in [1.82, 2.24) is 4.98 Å². The molecule has 1 unspecified atom stereocenters. The van der Waals surface area contributed by atoms with Crippen LogP contribution in [-0.4, -0.2) is 17.2 Å². The molecule has 1 aliphatic rings. The van der Waals surface area contributed by atoms with E-state index in [2.05, 4.69) is 11.1 Å². The lowest BCUT2D eigenvalue weighted by Crippen LogP contribution is -2.43. The molecule has 114 valence electrons. The molecule has 0 saturated carbocycles. The SMILES string of the molecule is CC1(C)CC(C#N)(c2nc(-c3ccc(F)cc3)cs2)CCO1. The maximum Gasteiger partial charge on any atom is 0.123 e. The van der Waals surface area contributed by atoms with E-state index >= 15 is 0 Å². The van der Waals surface area contributed by atoms with Crippen LogP contribution < -0.4 is 0 Å². The largest absolute Gasteiger partial charge is 0.375 e. The van der Waals surface area contributed by atoms with Crippen molar-refractivity contribution in [2.24, 2.45) is 0 Å². The lowest BCUT2D eigenvalue weighted by Gasteiger charge is -2.39. The smallest absolute Gasteiger partial charge is 0.123 e. The van der Waals surface area contributed by atoms with Crippen molar-refractivity contribution in [3.8, 4) is 17.3 Å². The van der Waals surface area contributed by atoms with Crippen LogP contribution in [0.1, 0.15) is 31.7 Å². The summed E-state index contributed by atoms with van der Waals surface area (Å²) in [6.07, 6.45) is 1.29. The predicted molar refractivity (Wildman–Crippen MR) is 84.1 cm³/mol.